The molecule has 0 aliphatic rings. The molecule has 0 unspecified atom stereocenters. The molecule has 0 N–H and O–H groups in total. The SMILES string of the molecule is CC(C)(C)CC(C)(C)OOC(=O)CCCCC(=O)OOC(C)(C)CC(C)(C)C. The van der Waals surface area contributed by atoms with E-state index in [-0.39, 0.29) is 23.7 Å². The van der Waals surface area contributed by atoms with Gasteiger partial charge in [-0.25, -0.2) is 9.59 Å². The summed E-state index contributed by atoms with van der Waals surface area (Å²) in [5.41, 5.74) is -0.955. The van der Waals surface area contributed by atoms with E-state index in [2.05, 4.69) is 41.5 Å². The van der Waals surface area contributed by atoms with E-state index in [1.807, 2.05) is 27.7 Å². The van der Waals surface area contributed by atoms with E-state index in [4.69, 9.17) is 19.6 Å². The molecule has 0 aliphatic heterocycles. The van der Waals surface area contributed by atoms with Crippen LogP contribution in [-0.4, -0.2) is 23.1 Å². The summed E-state index contributed by atoms with van der Waals surface area (Å²) in [6, 6.07) is 0. The third-order valence-electron chi connectivity index (χ3n) is 3.64. The maximum Gasteiger partial charge on any atom is 0.342 e. The van der Waals surface area contributed by atoms with Gasteiger partial charge in [0.05, 0.1) is 0 Å². The Kier molecular flexibility index (Phi) is 10.2. The normalized spacial score (nSPS) is 13.4. The molecule has 0 fully saturated rings. The largest absolute Gasteiger partial charge is 0.342 e. The van der Waals surface area contributed by atoms with Crippen LogP contribution >= 0.6 is 0 Å². The zero-order valence-corrected chi connectivity index (χ0v) is 19.7. The molecule has 0 aliphatic carbocycles. The standard InChI is InChI=1S/C22H42O6/c1-19(2,3)15-21(7,8)27-25-17(23)13-11-12-14-18(24)26-28-22(9,10)16-20(4,5)6/h11-16H2,1-10H3. The average molecular weight is 403 g/mol. The molecule has 0 amide bonds. The second kappa shape index (κ2) is 10.6. The lowest BCUT2D eigenvalue weighted by Crippen LogP contribution is -2.31. The topological polar surface area (TPSA) is 71.1 Å². The smallest absolute Gasteiger partial charge is 0.298 e. The van der Waals surface area contributed by atoms with E-state index in [9.17, 15) is 9.59 Å². The van der Waals surface area contributed by atoms with Crippen molar-refractivity contribution in [3.63, 3.8) is 0 Å². The van der Waals surface area contributed by atoms with Crippen LogP contribution in [-0.2, 0) is 29.1 Å². The quantitative estimate of drug-likeness (QED) is 0.242. The Morgan fingerprint density at radius 1 is 0.571 bits per heavy atom. The molecule has 6 heteroatoms. The molecular weight excluding hydrogens is 360 g/mol. The summed E-state index contributed by atoms with van der Waals surface area (Å²) >= 11 is 0. The first-order chi connectivity index (χ1) is 12.4. The van der Waals surface area contributed by atoms with Crippen LogP contribution in [0.25, 0.3) is 0 Å². The monoisotopic (exact) mass is 402 g/mol. The van der Waals surface area contributed by atoms with Gasteiger partial charge in [0.15, 0.2) is 0 Å². The molecule has 166 valence electrons. The predicted molar refractivity (Wildman–Crippen MR) is 109 cm³/mol. The molecule has 28 heavy (non-hydrogen) atoms. The molecule has 0 rings (SSSR count). The van der Waals surface area contributed by atoms with Crippen LogP contribution in [0.4, 0.5) is 0 Å². The summed E-state index contributed by atoms with van der Waals surface area (Å²) in [6.07, 6.45) is 2.92. The van der Waals surface area contributed by atoms with Crippen molar-refractivity contribution in [2.24, 2.45) is 10.8 Å². The minimum Gasteiger partial charge on any atom is -0.298 e. The highest BCUT2D eigenvalue weighted by molar-refractivity contribution is 5.69. The van der Waals surface area contributed by atoms with Gasteiger partial charge in [0.1, 0.15) is 11.2 Å². The molecule has 0 aromatic heterocycles. The molecule has 0 saturated heterocycles. The molecule has 0 saturated carbocycles. The van der Waals surface area contributed by atoms with Crippen molar-refractivity contribution >= 4 is 11.9 Å². The highest BCUT2D eigenvalue weighted by Gasteiger charge is 2.29. The molecule has 0 atom stereocenters. The highest BCUT2D eigenvalue weighted by atomic mass is 17.2. The van der Waals surface area contributed by atoms with Crippen LogP contribution in [0, 0.1) is 10.8 Å². The molecule has 0 radical (unpaired) electrons. The lowest BCUT2D eigenvalue weighted by Gasteiger charge is -2.30. The van der Waals surface area contributed by atoms with Crippen LogP contribution in [0.2, 0.25) is 0 Å². The van der Waals surface area contributed by atoms with Crippen LogP contribution in [0.1, 0.15) is 108 Å². The molecule has 0 aromatic carbocycles. The van der Waals surface area contributed by atoms with Crippen LogP contribution in [0.5, 0.6) is 0 Å². The van der Waals surface area contributed by atoms with E-state index >= 15 is 0 Å². The van der Waals surface area contributed by atoms with Gasteiger partial charge in [-0.2, -0.15) is 9.78 Å². The predicted octanol–water partition coefficient (Wildman–Crippen LogP) is 5.93. The van der Waals surface area contributed by atoms with Gasteiger partial charge < -0.3 is 0 Å². The summed E-state index contributed by atoms with van der Waals surface area (Å²) in [5, 5.41) is 0. The summed E-state index contributed by atoms with van der Waals surface area (Å²) in [6.45, 7) is 20.2. The third-order valence-corrected chi connectivity index (χ3v) is 3.64. The zero-order valence-electron chi connectivity index (χ0n) is 19.7. The van der Waals surface area contributed by atoms with Crippen molar-refractivity contribution in [3.05, 3.63) is 0 Å². The summed E-state index contributed by atoms with van der Waals surface area (Å²) in [4.78, 5) is 44.0. The molecular formula is C22H42O6. The number of carbonyl (C=O) groups excluding carboxylic acids is 2. The number of hydrogen-bond donors (Lipinski definition) is 0. The van der Waals surface area contributed by atoms with Gasteiger partial charge in [-0.15, -0.1) is 0 Å². The fourth-order valence-corrected chi connectivity index (χ4v) is 3.55. The van der Waals surface area contributed by atoms with Crippen LogP contribution in [0.15, 0.2) is 0 Å². The van der Waals surface area contributed by atoms with Gasteiger partial charge in [0, 0.05) is 12.8 Å². The number of carbonyl (C=O) groups is 2. The highest BCUT2D eigenvalue weighted by Crippen LogP contribution is 2.30. The van der Waals surface area contributed by atoms with Gasteiger partial charge in [0.2, 0.25) is 0 Å². The van der Waals surface area contributed by atoms with Gasteiger partial charge in [-0.3, -0.25) is 9.78 Å². The minimum atomic E-state index is -0.547. The summed E-state index contributed by atoms with van der Waals surface area (Å²) < 4.78 is 0. The van der Waals surface area contributed by atoms with Gasteiger partial charge >= 0.3 is 11.9 Å². The molecule has 0 heterocycles. The molecule has 6 nitrogen and oxygen atoms in total. The van der Waals surface area contributed by atoms with E-state index in [0.29, 0.717) is 12.8 Å². The second-order valence-electron chi connectivity index (χ2n) is 11.3. The maximum absolute atomic E-state index is 11.8. The lowest BCUT2D eigenvalue weighted by atomic mass is 9.84. The van der Waals surface area contributed by atoms with Crippen molar-refractivity contribution in [1.82, 2.24) is 0 Å². The fourth-order valence-electron chi connectivity index (χ4n) is 3.55. The van der Waals surface area contributed by atoms with Crippen LogP contribution < -0.4 is 0 Å². The minimum absolute atomic E-state index is 0.0692. The van der Waals surface area contributed by atoms with Crippen molar-refractivity contribution in [2.45, 2.75) is 119 Å². The Hall–Kier alpha value is -1.14. The summed E-state index contributed by atoms with van der Waals surface area (Å²) in [7, 11) is 0. The second-order valence-corrected chi connectivity index (χ2v) is 11.3. The first-order valence-electron chi connectivity index (χ1n) is 10.2. The Labute approximate surface area is 171 Å². The first kappa shape index (κ1) is 26.9. The number of hydrogen-bond acceptors (Lipinski definition) is 6. The van der Waals surface area contributed by atoms with Gasteiger partial charge in [-0.05, 0) is 64.2 Å². The molecule has 0 aromatic rings. The van der Waals surface area contributed by atoms with Crippen molar-refractivity contribution in [3.8, 4) is 0 Å². The molecule has 0 spiro atoms. The Balaban J connectivity index is 4.00. The Morgan fingerprint density at radius 2 is 0.857 bits per heavy atom. The van der Waals surface area contributed by atoms with E-state index in [0.717, 1.165) is 12.8 Å². The number of rotatable bonds is 11. The lowest BCUT2D eigenvalue weighted by molar-refractivity contribution is -0.330. The van der Waals surface area contributed by atoms with Gasteiger partial charge in [0.25, 0.3) is 0 Å². The van der Waals surface area contributed by atoms with Gasteiger partial charge in [-0.1, -0.05) is 41.5 Å². The Bertz CT molecular complexity index is 448. The van der Waals surface area contributed by atoms with Crippen molar-refractivity contribution in [1.29, 1.82) is 0 Å². The first-order valence-corrected chi connectivity index (χ1v) is 10.2. The third kappa shape index (κ3) is 15.9. The average Bonchev–Trinajstić information content (AvgIpc) is 2.43. The number of unbranched alkanes of at least 4 members (excludes halogenated alkanes) is 1. The van der Waals surface area contributed by atoms with Crippen molar-refractivity contribution in [2.75, 3.05) is 0 Å². The van der Waals surface area contributed by atoms with Crippen molar-refractivity contribution < 1.29 is 29.1 Å². The van der Waals surface area contributed by atoms with E-state index in [1.54, 1.807) is 0 Å². The summed E-state index contributed by atoms with van der Waals surface area (Å²) in [5.74, 6) is -0.865. The maximum atomic E-state index is 11.8. The van der Waals surface area contributed by atoms with E-state index < -0.39 is 23.1 Å². The fraction of sp³-hybridized carbons (Fsp3) is 0.909. The van der Waals surface area contributed by atoms with E-state index in [1.165, 1.54) is 0 Å². The zero-order chi connectivity index (χ0) is 22.2. The Morgan fingerprint density at radius 3 is 1.11 bits per heavy atom. The molecule has 0 bridgehead atoms. The van der Waals surface area contributed by atoms with Crippen LogP contribution in [0.3, 0.4) is 0 Å².